The van der Waals surface area contributed by atoms with E-state index in [1.54, 1.807) is 13.8 Å². The molecule has 0 saturated carbocycles. The van der Waals surface area contributed by atoms with Gasteiger partial charge in [0.05, 0.1) is 32.5 Å². The maximum atomic E-state index is 11.5. The molecule has 20 nitrogen and oxygen atoms in total. The lowest BCUT2D eigenvalue weighted by Crippen LogP contribution is -2.67. The summed E-state index contributed by atoms with van der Waals surface area (Å²) >= 11 is 0. The van der Waals surface area contributed by atoms with Crippen molar-refractivity contribution in [2.24, 2.45) is 5.92 Å². The predicted octanol–water partition coefficient (Wildman–Crippen LogP) is -8.04. The fourth-order valence-electron chi connectivity index (χ4n) is 6.02. The van der Waals surface area contributed by atoms with Crippen molar-refractivity contribution < 1.29 is 99.5 Å². The van der Waals surface area contributed by atoms with E-state index in [-0.39, 0.29) is 0 Å². The molecule has 276 valence electrons. The lowest BCUT2D eigenvalue weighted by molar-refractivity contribution is -0.371. The zero-order valence-corrected chi connectivity index (χ0v) is 25.6. The van der Waals surface area contributed by atoms with Gasteiger partial charge in [-0.2, -0.15) is 0 Å². The predicted molar refractivity (Wildman–Crippen MR) is 147 cm³/mol. The van der Waals surface area contributed by atoms with E-state index < -0.39 is 155 Å². The van der Waals surface area contributed by atoms with Crippen LogP contribution >= 0.6 is 0 Å². The molecule has 0 spiro atoms. The van der Waals surface area contributed by atoms with Gasteiger partial charge in [-0.25, -0.2) is 0 Å². The number of hydrogen-bond acceptors (Lipinski definition) is 20. The van der Waals surface area contributed by atoms with Crippen LogP contribution in [0.2, 0.25) is 0 Å². The molecule has 20 atom stereocenters. The molecule has 13 N–H and O–H groups in total. The molecule has 4 aliphatic heterocycles. The van der Waals surface area contributed by atoms with E-state index in [2.05, 4.69) is 0 Å². The van der Waals surface area contributed by atoms with Gasteiger partial charge in [0.25, 0.3) is 0 Å². The SMILES string of the molecule is CC(C)[C@@H]1O[C@H](CO)[C@@H](O[C@@H]2O[C@H](CO[C@@H]3O[C@H](CO)[C@@H](O)[C@H](O)[C@H]3O)[C@@H](O)[C@H](O)[C@H]2O)[C@H](O)[C@H]1O[C@@H]1O[C@H](CO)[C@@H](O)[C@H](O)[C@H]1O. The molecule has 0 aliphatic carbocycles. The van der Waals surface area contributed by atoms with Crippen molar-refractivity contribution in [3.05, 3.63) is 0 Å². The van der Waals surface area contributed by atoms with Gasteiger partial charge in [0, 0.05) is 0 Å². The minimum atomic E-state index is -1.94. The smallest absolute Gasteiger partial charge is 0.187 e. The third-order valence-corrected chi connectivity index (χ3v) is 8.91. The van der Waals surface area contributed by atoms with Gasteiger partial charge in [-0.1, -0.05) is 13.8 Å². The van der Waals surface area contributed by atoms with Gasteiger partial charge >= 0.3 is 0 Å². The third-order valence-electron chi connectivity index (χ3n) is 8.91. The first-order valence-electron chi connectivity index (χ1n) is 15.3. The van der Waals surface area contributed by atoms with Crippen LogP contribution in [0.5, 0.6) is 0 Å². The average molecular weight is 693 g/mol. The van der Waals surface area contributed by atoms with E-state index in [1.165, 1.54) is 0 Å². The fourth-order valence-corrected chi connectivity index (χ4v) is 6.02. The van der Waals surface area contributed by atoms with Crippen molar-refractivity contribution in [3.63, 3.8) is 0 Å². The first-order valence-corrected chi connectivity index (χ1v) is 15.3. The molecule has 4 aliphatic rings. The van der Waals surface area contributed by atoms with Crippen LogP contribution in [0.15, 0.2) is 0 Å². The Labute approximate surface area is 268 Å². The van der Waals surface area contributed by atoms with E-state index in [9.17, 15) is 66.4 Å². The minimum Gasteiger partial charge on any atom is -0.394 e. The summed E-state index contributed by atoms with van der Waals surface area (Å²) in [6.45, 7) is 0.538. The topological polar surface area (TPSA) is 328 Å². The highest BCUT2D eigenvalue weighted by Crippen LogP contribution is 2.35. The van der Waals surface area contributed by atoms with Crippen molar-refractivity contribution in [2.45, 2.75) is 136 Å². The molecule has 0 aromatic carbocycles. The summed E-state index contributed by atoms with van der Waals surface area (Å²) < 4.78 is 39.3. The summed E-state index contributed by atoms with van der Waals surface area (Å²) in [4.78, 5) is 0. The number of aliphatic hydroxyl groups is 13. The summed E-state index contributed by atoms with van der Waals surface area (Å²) in [6, 6.07) is 0. The molecular weight excluding hydrogens is 644 g/mol. The van der Waals surface area contributed by atoms with Gasteiger partial charge in [0.1, 0.15) is 97.7 Å². The van der Waals surface area contributed by atoms with E-state index in [0.29, 0.717) is 0 Å². The molecule has 0 aromatic rings. The molecule has 0 amide bonds. The second kappa shape index (κ2) is 16.5. The Bertz CT molecular complexity index is 959. The first kappa shape index (κ1) is 39.0. The highest BCUT2D eigenvalue weighted by Gasteiger charge is 2.54. The highest BCUT2D eigenvalue weighted by molar-refractivity contribution is 4.99. The molecule has 4 heterocycles. The average Bonchev–Trinajstić information content (AvgIpc) is 3.05. The molecule has 0 bridgehead atoms. The number of aliphatic hydroxyl groups excluding tert-OH is 13. The minimum absolute atomic E-state index is 0.396. The quantitative estimate of drug-likeness (QED) is 0.0956. The number of hydrogen-bond donors (Lipinski definition) is 13. The van der Waals surface area contributed by atoms with Crippen LogP contribution in [0.1, 0.15) is 13.8 Å². The van der Waals surface area contributed by atoms with Crippen LogP contribution in [0.3, 0.4) is 0 Å². The molecular formula is C27H48O20. The van der Waals surface area contributed by atoms with Gasteiger partial charge in [0.2, 0.25) is 0 Å². The maximum absolute atomic E-state index is 11.5. The van der Waals surface area contributed by atoms with Crippen molar-refractivity contribution >= 4 is 0 Å². The Morgan fingerprint density at radius 2 is 0.851 bits per heavy atom. The molecule has 0 aromatic heterocycles. The molecule has 0 radical (unpaired) electrons. The summed E-state index contributed by atoms with van der Waals surface area (Å²) in [5.74, 6) is -0.396. The van der Waals surface area contributed by atoms with Crippen LogP contribution in [-0.4, -0.2) is 215 Å². The standard InChI is InChI=1S/C27H48O20/c1-7(2)22-24(47-26-19(38)16(35)13(32)9(4-29)44-26)21(40)23(10(5-30)42-22)46-27-20(39)17(36)14(33)11(45-27)6-41-25-18(37)15(34)12(31)8(3-28)43-25/h7-40H,3-6H2,1-2H3/t8-,9-,10-,11-,12-,13-,14-,15+,16+,17+,18-,19-,20-,21+,22+,23-,24-,25-,26+,27+/m1/s1. The van der Waals surface area contributed by atoms with Crippen LogP contribution in [0.25, 0.3) is 0 Å². The van der Waals surface area contributed by atoms with Gasteiger partial charge in [-0.05, 0) is 5.92 Å². The summed E-state index contributed by atoms with van der Waals surface area (Å²) in [7, 11) is 0. The number of rotatable bonds is 11. The lowest BCUT2D eigenvalue weighted by atomic mass is 9.88. The van der Waals surface area contributed by atoms with E-state index in [0.717, 1.165) is 0 Å². The second-order valence-electron chi connectivity index (χ2n) is 12.5. The van der Waals surface area contributed by atoms with Crippen LogP contribution in [-0.2, 0) is 33.2 Å². The van der Waals surface area contributed by atoms with Crippen molar-refractivity contribution in [2.75, 3.05) is 26.4 Å². The Hall–Kier alpha value is -0.800. The maximum Gasteiger partial charge on any atom is 0.187 e. The van der Waals surface area contributed by atoms with Gasteiger partial charge < -0.3 is 99.5 Å². The van der Waals surface area contributed by atoms with Crippen LogP contribution < -0.4 is 0 Å². The Morgan fingerprint density at radius 3 is 1.32 bits per heavy atom. The van der Waals surface area contributed by atoms with Crippen molar-refractivity contribution in [1.82, 2.24) is 0 Å². The summed E-state index contributed by atoms with van der Waals surface area (Å²) in [5, 5.41) is 133. The zero-order valence-electron chi connectivity index (χ0n) is 25.6. The zero-order chi connectivity index (χ0) is 34.9. The molecule has 47 heavy (non-hydrogen) atoms. The van der Waals surface area contributed by atoms with Crippen LogP contribution in [0.4, 0.5) is 0 Å². The summed E-state index contributed by atoms with van der Waals surface area (Å²) in [6.07, 6.45) is -32.4. The van der Waals surface area contributed by atoms with Gasteiger partial charge in [0.15, 0.2) is 18.9 Å². The molecule has 20 heteroatoms. The third kappa shape index (κ3) is 8.08. The van der Waals surface area contributed by atoms with E-state index in [1.807, 2.05) is 0 Å². The lowest BCUT2D eigenvalue weighted by Gasteiger charge is -2.49. The molecule has 4 rings (SSSR count). The largest absolute Gasteiger partial charge is 0.394 e. The molecule has 0 unspecified atom stereocenters. The second-order valence-corrected chi connectivity index (χ2v) is 12.5. The van der Waals surface area contributed by atoms with E-state index >= 15 is 0 Å². The number of ether oxygens (including phenoxy) is 7. The normalized spacial score (nSPS) is 51.3. The molecule has 4 saturated heterocycles. The summed E-state index contributed by atoms with van der Waals surface area (Å²) in [5.41, 5.74) is 0. The van der Waals surface area contributed by atoms with Crippen molar-refractivity contribution in [1.29, 1.82) is 0 Å². The van der Waals surface area contributed by atoms with Crippen LogP contribution in [0, 0.1) is 5.92 Å². The van der Waals surface area contributed by atoms with Gasteiger partial charge in [-0.3, -0.25) is 0 Å². The fraction of sp³-hybridized carbons (Fsp3) is 1.00. The Morgan fingerprint density at radius 1 is 0.447 bits per heavy atom. The van der Waals surface area contributed by atoms with E-state index in [4.69, 9.17) is 33.2 Å². The Kier molecular flexibility index (Phi) is 13.7. The molecule has 4 fully saturated rings. The van der Waals surface area contributed by atoms with Gasteiger partial charge in [-0.15, -0.1) is 0 Å². The monoisotopic (exact) mass is 692 g/mol. The Balaban J connectivity index is 1.49. The van der Waals surface area contributed by atoms with Crippen molar-refractivity contribution in [3.8, 4) is 0 Å². The highest BCUT2D eigenvalue weighted by atomic mass is 16.8. The first-order chi connectivity index (χ1) is 22.2.